The zero-order valence-corrected chi connectivity index (χ0v) is 12.6. The molecule has 0 aliphatic heterocycles. The van der Waals surface area contributed by atoms with Crippen LogP contribution in [0.2, 0.25) is 0 Å². The molecular weight excluding hydrogens is 311 g/mol. The van der Waals surface area contributed by atoms with Gasteiger partial charge >= 0.3 is 12.1 Å². The van der Waals surface area contributed by atoms with E-state index >= 15 is 0 Å². The van der Waals surface area contributed by atoms with Gasteiger partial charge in [0.05, 0.1) is 11.0 Å². The third kappa shape index (κ3) is 4.03. The van der Waals surface area contributed by atoms with Crippen LogP contribution in [0.3, 0.4) is 0 Å². The molecule has 1 aromatic carbocycles. The van der Waals surface area contributed by atoms with E-state index in [9.17, 15) is 22.8 Å². The van der Waals surface area contributed by atoms with Crippen molar-refractivity contribution in [1.29, 1.82) is 0 Å². The molecule has 0 saturated heterocycles. The maximum absolute atomic E-state index is 13.0. The molecule has 23 heavy (non-hydrogen) atoms. The Bertz CT molecular complexity index is 609. The highest BCUT2D eigenvalue weighted by Crippen LogP contribution is 2.45. The summed E-state index contributed by atoms with van der Waals surface area (Å²) in [7, 11) is 0. The van der Waals surface area contributed by atoms with E-state index in [4.69, 9.17) is 5.11 Å². The minimum atomic E-state index is -4.47. The summed E-state index contributed by atoms with van der Waals surface area (Å²) in [6.45, 7) is 1.57. The number of carboxylic acids is 1. The van der Waals surface area contributed by atoms with Crippen LogP contribution in [0.25, 0.3) is 0 Å². The van der Waals surface area contributed by atoms with E-state index in [0.29, 0.717) is 12.8 Å². The van der Waals surface area contributed by atoms with Gasteiger partial charge in [0.2, 0.25) is 5.91 Å². The van der Waals surface area contributed by atoms with Crippen LogP contribution >= 0.6 is 0 Å². The number of amides is 1. The van der Waals surface area contributed by atoms with E-state index in [2.05, 4.69) is 5.32 Å². The molecule has 1 aliphatic rings. The first kappa shape index (κ1) is 17.3. The van der Waals surface area contributed by atoms with E-state index < -0.39 is 34.9 Å². The summed E-state index contributed by atoms with van der Waals surface area (Å²) in [5, 5.41) is 11.6. The van der Waals surface area contributed by atoms with Crippen LogP contribution in [0, 0.1) is 5.41 Å². The molecule has 2 N–H and O–H groups in total. The van der Waals surface area contributed by atoms with E-state index in [1.807, 2.05) is 0 Å². The van der Waals surface area contributed by atoms with Gasteiger partial charge in [-0.3, -0.25) is 9.59 Å². The van der Waals surface area contributed by atoms with Gasteiger partial charge in [0, 0.05) is 13.0 Å². The van der Waals surface area contributed by atoms with Gasteiger partial charge in [0.1, 0.15) is 0 Å². The van der Waals surface area contributed by atoms with Gasteiger partial charge in [-0.15, -0.1) is 0 Å². The van der Waals surface area contributed by atoms with Gasteiger partial charge in [-0.2, -0.15) is 13.2 Å². The molecule has 1 aliphatic carbocycles. The van der Waals surface area contributed by atoms with Gasteiger partial charge in [-0.25, -0.2) is 0 Å². The molecular formula is C16H18F3NO3. The Labute approximate surface area is 131 Å². The number of hydrogen-bond acceptors (Lipinski definition) is 2. The third-order valence-corrected chi connectivity index (χ3v) is 4.22. The van der Waals surface area contributed by atoms with Gasteiger partial charge < -0.3 is 10.4 Å². The van der Waals surface area contributed by atoms with Crippen molar-refractivity contribution in [2.24, 2.45) is 5.41 Å². The van der Waals surface area contributed by atoms with Gasteiger partial charge in [-0.1, -0.05) is 25.1 Å². The number of hydrogen-bond donors (Lipinski definition) is 2. The van der Waals surface area contributed by atoms with Crippen LogP contribution < -0.4 is 5.32 Å². The molecule has 0 radical (unpaired) electrons. The lowest BCUT2D eigenvalue weighted by atomic mass is 9.92. The quantitative estimate of drug-likeness (QED) is 0.842. The third-order valence-electron chi connectivity index (χ3n) is 4.22. The van der Waals surface area contributed by atoms with Crippen molar-refractivity contribution in [2.45, 2.75) is 38.3 Å². The summed E-state index contributed by atoms with van der Waals surface area (Å²) < 4.78 is 38.9. The Hall–Kier alpha value is -2.05. The Balaban J connectivity index is 1.98. The van der Waals surface area contributed by atoms with Crippen molar-refractivity contribution in [1.82, 2.24) is 5.32 Å². The zero-order valence-electron chi connectivity index (χ0n) is 12.6. The molecule has 0 bridgehead atoms. The first-order valence-corrected chi connectivity index (χ1v) is 7.32. The number of carboxylic acid groups (broad SMARTS) is 1. The van der Waals surface area contributed by atoms with Crippen molar-refractivity contribution in [3.8, 4) is 0 Å². The highest BCUT2D eigenvalue weighted by molar-refractivity contribution is 5.81. The number of carbonyl (C=O) groups is 2. The predicted octanol–water partition coefficient (Wildman–Crippen LogP) is 3.18. The molecule has 1 saturated carbocycles. The standard InChI is InChI=1S/C16H18F3NO3/c1-10(11-4-2-3-5-12(11)16(17,18)19)8-13(21)20-9-15(6-7-15)14(22)23/h2-5,10H,6-9H2,1H3,(H,20,21)(H,22,23). The molecule has 1 unspecified atom stereocenters. The molecule has 2 rings (SSSR count). The smallest absolute Gasteiger partial charge is 0.416 e. The second kappa shape index (κ2) is 6.22. The SMILES string of the molecule is CC(CC(=O)NCC1(C(=O)O)CC1)c1ccccc1C(F)(F)F. The van der Waals surface area contributed by atoms with Gasteiger partial charge in [0.15, 0.2) is 0 Å². The van der Waals surface area contributed by atoms with E-state index in [0.717, 1.165) is 6.07 Å². The lowest BCUT2D eigenvalue weighted by molar-refractivity contribution is -0.143. The van der Waals surface area contributed by atoms with Crippen LogP contribution in [0.1, 0.15) is 43.2 Å². The monoisotopic (exact) mass is 329 g/mol. The molecule has 126 valence electrons. The normalized spacial score (nSPS) is 17.4. The highest BCUT2D eigenvalue weighted by Gasteiger charge is 2.50. The van der Waals surface area contributed by atoms with E-state index in [1.165, 1.54) is 18.2 Å². The summed E-state index contributed by atoms with van der Waals surface area (Å²) in [5.74, 6) is -2.01. The molecule has 1 amide bonds. The maximum Gasteiger partial charge on any atom is 0.416 e. The van der Waals surface area contributed by atoms with Gasteiger partial charge in [0.25, 0.3) is 0 Å². The summed E-state index contributed by atoms with van der Waals surface area (Å²) in [4.78, 5) is 22.9. The number of alkyl halides is 3. The van der Waals surface area contributed by atoms with Crippen LogP contribution in [0.5, 0.6) is 0 Å². The molecule has 1 fully saturated rings. The number of halogens is 3. The van der Waals surface area contributed by atoms with Crippen LogP contribution in [-0.4, -0.2) is 23.5 Å². The van der Waals surface area contributed by atoms with Crippen molar-refractivity contribution in [3.63, 3.8) is 0 Å². The maximum atomic E-state index is 13.0. The summed E-state index contributed by atoms with van der Waals surface area (Å²) >= 11 is 0. The predicted molar refractivity (Wildman–Crippen MR) is 76.8 cm³/mol. The Morgan fingerprint density at radius 2 is 1.91 bits per heavy atom. The average molecular weight is 329 g/mol. The Kier molecular flexibility index (Phi) is 4.68. The van der Waals surface area contributed by atoms with E-state index in [1.54, 1.807) is 6.92 Å². The second-order valence-electron chi connectivity index (χ2n) is 6.05. The van der Waals surface area contributed by atoms with Crippen molar-refractivity contribution < 1.29 is 27.9 Å². The number of nitrogens with one attached hydrogen (secondary N) is 1. The number of aliphatic carboxylic acids is 1. The first-order chi connectivity index (χ1) is 10.7. The fourth-order valence-corrected chi connectivity index (χ4v) is 2.53. The van der Waals surface area contributed by atoms with Gasteiger partial charge in [-0.05, 0) is 30.4 Å². The number of rotatable bonds is 6. The molecule has 0 aromatic heterocycles. The number of benzene rings is 1. The minimum absolute atomic E-state index is 0.0226. The Morgan fingerprint density at radius 1 is 1.30 bits per heavy atom. The van der Waals surface area contributed by atoms with Crippen molar-refractivity contribution >= 4 is 11.9 Å². The summed E-state index contributed by atoms with van der Waals surface area (Å²) in [6, 6.07) is 5.17. The largest absolute Gasteiger partial charge is 0.481 e. The second-order valence-corrected chi connectivity index (χ2v) is 6.05. The molecule has 7 heteroatoms. The van der Waals surface area contributed by atoms with Crippen LogP contribution in [-0.2, 0) is 15.8 Å². The lowest BCUT2D eigenvalue weighted by Gasteiger charge is -2.18. The average Bonchev–Trinajstić information content (AvgIpc) is 3.25. The van der Waals surface area contributed by atoms with Crippen LogP contribution in [0.4, 0.5) is 13.2 Å². The van der Waals surface area contributed by atoms with E-state index in [-0.39, 0.29) is 18.5 Å². The van der Waals surface area contributed by atoms with Crippen molar-refractivity contribution in [3.05, 3.63) is 35.4 Å². The van der Waals surface area contributed by atoms with Crippen molar-refractivity contribution in [2.75, 3.05) is 6.54 Å². The Morgan fingerprint density at radius 3 is 2.43 bits per heavy atom. The van der Waals surface area contributed by atoms with Crippen LogP contribution in [0.15, 0.2) is 24.3 Å². The molecule has 0 heterocycles. The molecule has 4 nitrogen and oxygen atoms in total. The molecule has 1 aromatic rings. The fraction of sp³-hybridized carbons (Fsp3) is 0.500. The molecule has 1 atom stereocenters. The summed E-state index contributed by atoms with van der Waals surface area (Å²) in [6.07, 6.45) is -3.57. The zero-order chi connectivity index (χ0) is 17.3. The summed E-state index contributed by atoms with van der Waals surface area (Å²) in [5.41, 5.74) is -1.57. The first-order valence-electron chi connectivity index (χ1n) is 7.32. The minimum Gasteiger partial charge on any atom is -0.481 e. The highest BCUT2D eigenvalue weighted by atomic mass is 19.4. The lowest BCUT2D eigenvalue weighted by Crippen LogP contribution is -2.34. The number of carbonyl (C=O) groups excluding carboxylic acids is 1. The topological polar surface area (TPSA) is 66.4 Å². The fourth-order valence-electron chi connectivity index (χ4n) is 2.53. The molecule has 0 spiro atoms.